The summed E-state index contributed by atoms with van der Waals surface area (Å²) in [5.74, 6) is -2.74. The molecule has 0 fully saturated rings. The number of aliphatic hydroxyl groups is 2. The number of ether oxygens (including phenoxy) is 2. The Morgan fingerprint density at radius 2 is 0.695 bits per heavy atom. The first kappa shape index (κ1) is 57.8. The van der Waals surface area contributed by atoms with Gasteiger partial charge in [-0.15, -0.1) is 0 Å². The maximum Gasteiger partial charge on any atom is 2.00 e. The van der Waals surface area contributed by atoms with Gasteiger partial charge in [-0.05, 0) is 49.7 Å². The number of carbonyl (C=O) groups excluding carboxylic acids is 2. The fourth-order valence-electron chi connectivity index (χ4n) is 7.22. The van der Waals surface area contributed by atoms with E-state index in [0.717, 1.165) is 51.4 Å². The first-order chi connectivity index (χ1) is 28.3. The van der Waals surface area contributed by atoms with Crippen LogP contribution in [-0.2, 0) is 32.3 Å². The van der Waals surface area contributed by atoms with Gasteiger partial charge in [0.05, 0.1) is 49.6 Å². The van der Waals surface area contributed by atoms with Crippen LogP contribution in [0.15, 0.2) is 60.7 Å². The molecule has 0 aromatic heterocycles. The molecule has 0 aliphatic carbocycles. The van der Waals surface area contributed by atoms with Crippen LogP contribution in [0, 0.1) is 0 Å². The summed E-state index contributed by atoms with van der Waals surface area (Å²) in [6.45, 7) is 5.79. The number of carbonyl (C=O) groups is 2. The van der Waals surface area contributed by atoms with E-state index in [1.54, 1.807) is 0 Å². The van der Waals surface area contributed by atoms with Crippen molar-refractivity contribution in [3.8, 4) is 0 Å². The number of carboxylic acids is 2. The standard InChI is InChI=1S/2C25H42O4.Ba/c2*1-2-3-4-5-6-7-8-13-18-23(29-21-22-16-11-9-12-17-22)19-14-10-15-20-24(26)25(27)28;/h2*9,11-12,16-17,23-24,26H,2-8,10,13-15,18-21H2,1H3,(H,27,28);/q;;+2/p-2. The van der Waals surface area contributed by atoms with E-state index >= 15 is 0 Å². The molecule has 2 N–H and O–H groups in total. The molecule has 0 aliphatic heterocycles. The van der Waals surface area contributed by atoms with Gasteiger partial charge in [-0.1, -0.05) is 216 Å². The average molecular weight is 949 g/mol. The molecule has 4 unspecified atom stereocenters. The number of aliphatic carboxylic acids is 2. The summed E-state index contributed by atoms with van der Waals surface area (Å²) in [6, 6.07) is 20.5. The summed E-state index contributed by atoms with van der Waals surface area (Å²) in [6.07, 6.45) is 28.8. The normalized spacial score (nSPS) is 13.1. The largest absolute Gasteiger partial charge is 2.00 e. The van der Waals surface area contributed by atoms with E-state index in [9.17, 15) is 30.0 Å². The van der Waals surface area contributed by atoms with Gasteiger partial charge < -0.3 is 39.5 Å². The first-order valence-corrected chi connectivity index (χ1v) is 23.4. The third-order valence-corrected chi connectivity index (χ3v) is 11.0. The van der Waals surface area contributed by atoms with Crippen LogP contribution in [0.1, 0.15) is 205 Å². The van der Waals surface area contributed by atoms with Gasteiger partial charge in [0.2, 0.25) is 0 Å². The maximum atomic E-state index is 10.6. The van der Waals surface area contributed by atoms with Crippen molar-refractivity contribution in [2.24, 2.45) is 0 Å². The number of hydrogen-bond acceptors (Lipinski definition) is 8. The van der Waals surface area contributed by atoms with Crippen molar-refractivity contribution in [1.82, 2.24) is 0 Å². The van der Waals surface area contributed by atoms with E-state index in [0.29, 0.717) is 26.1 Å². The molecule has 2 aromatic carbocycles. The third-order valence-electron chi connectivity index (χ3n) is 11.0. The molecule has 2 rings (SSSR count). The Kier molecular flexibility index (Phi) is 41.2. The van der Waals surface area contributed by atoms with E-state index in [1.807, 2.05) is 36.4 Å². The zero-order valence-electron chi connectivity index (χ0n) is 37.3. The van der Waals surface area contributed by atoms with Crippen LogP contribution < -0.4 is 10.2 Å². The van der Waals surface area contributed by atoms with Crippen LogP contribution in [0.5, 0.6) is 0 Å². The summed E-state index contributed by atoms with van der Waals surface area (Å²) in [7, 11) is 0. The van der Waals surface area contributed by atoms with Gasteiger partial charge in [-0.3, -0.25) is 0 Å². The quantitative estimate of drug-likeness (QED) is 0.0501. The topological polar surface area (TPSA) is 139 Å². The number of hydrogen-bond donors (Lipinski definition) is 2. The molecule has 4 atom stereocenters. The molecule has 0 saturated heterocycles. The molecular weight excluding hydrogens is 866 g/mol. The smallest absolute Gasteiger partial charge is 0.547 e. The molecule has 332 valence electrons. The Balaban J connectivity index is 0.00000112. The monoisotopic (exact) mass is 949 g/mol. The number of unbranched alkanes of at least 4 members (excludes halogenated alkanes) is 18. The van der Waals surface area contributed by atoms with E-state index < -0.39 is 24.1 Å². The summed E-state index contributed by atoms with van der Waals surface area (Å²) < 4.78 is 12.4. The van der Waals surface area contributed by atoms with Gasteiger partial charge in [0.15, 0.2) is 0 Å². The number of rotatable bonds is 38. The molecule has 2 aromatic rings. The molecule has 0 spiro atoms. The molecule has 0 heterocycles. The van der Waals surface area contributed by atoms with Gasteiger partial charge in [0.1, 0.15) is 0 Å². The molecule has 0 aliphatic rings. The van der Waals surface area contributed by atoms with Crippen molar-refractivity contribution in [3.05, 3.63) is 71.8 Å². The average Bonchev–Trinajstić information content (AvgIpc) is 3.23. The van der Waals surface area contributed by atoms with Crippen molar-refractivity contribution in [1.29, 1.82) is 0 Å². The van der Waals surface area contributed by atoms with Crippen LogP contribution >= 0.6 is 0 Å². The molecule has 0 amide bonds. The molecule has 9 heteroatoms. The molecule has 8 nitrogen and oxygen atoms in total. The van der Waals surface area contributed by atoms with Crippen molar-refractivity contribution in [2.45, 2.75) is 231 Å². The van der Waals surface area contributed by atoms with E-state index in [2.05, 4.69) is 38.1 Å². The molecule has 0 saturated carbocycles. The van der Waals surface area contributed by atoms with Crippen molar-refractivity contribution in [3.63, 3.8) is 0 Å². The Bertz CT molecular complexity index is 1110. The second-order valence-electron chi connectivity index (χ2n) is 16.3. The molecule has 0 radical (unpaired) electrons. The fourth-order valence-corrected chi connectivity index (χ4v) is 7.22. The van der Waals surface area contributed by atoms with Gasteiger partial charge in [0, 0.05) is 0 Å². The van der Waals surface area contributed by atoms with Gasteiger partial charge in [-0.25, -0.2) is 0 Å². The molecular formula is C50H82BaO8. The van der Waals surface area contributed by atoms with Crippen molar-refractivity contribution >= 4 is 60.8 Å². The number of carboxylic acid groups (broad SMARTS) is 2. The van der Waals surface area contributed by atoms with Crippen molar-refractivity contribution < 1.29 is 39.5 Å². The van der Waals surface area contributed by atoms with E-state index in [1.165, 1.54) is 114 Å². The van der Waals surface area contributed by atoms with Gasteiger partial charge >= 0.3 is 48.9 Å². The SMILES string of the molecule is CCCCCCCCCCC(CCCCCC(O)C(=O)[O-])OCc1ccccc1.CCCCCCCCCCC(CCCCCC(O)C(=O)[O-])OCc1ccccc1.[Ba+2]. The minimum atomic E-state index is -1.37. The third kappa shape index (κ3) is 36.0. The van der Waals surface area contributed by atoms with Crippen LogP contribution in [0.3, 0.4) is 0 Å². The van der Waals surface area contributed by atoms with E-state index in [4.69, 9.17) is 9.47 Å². The molecule has 0 bridgehead atoms. The zero-order chi connectivity index (χ0) is 42.3. The Labute approximate surface area is 400 Å². The van der Waals surface area contributed by atoms with Crippen LogP contribution in [0.25, 0.3) is 0 Å². The van der Waals surface area contributed by atoms with Crippen molar-refractivity contribution in [2.75, 3.05) is 0 Å². The van der Waals surface area contributed by atoms with Crippen LogP contribution in [0.4, 0.5) is 0 Å². The minimum absolute atomic E-state index is 0. The Morgan fingerprint density at radius 1 is 0.441 bits per heavy atom. The summed E-state index contributed by atoms with van der Waals surface area (Å²) in [5.41, 5.74) is 2.40. The minimum Gasteiger partial charge on any atom is -0.547 e. The summed E-state index contributed by atoms with van der Waals surface area (Å²) in [4.78, 5) is 21.1. The maximum absolute atomic E-state index is 10.6. The Morgan fingerprint density at radius 3 is 0.983 bits per heavy atom. The van der Waals surface area contributed by atoms with E-state index in [-0.39, 0.29) is 73.9 Å². The second-order valence-corrected chi connectivity index (χ2v) is 16.3. The summed E-state index contributed by atoms with van der Waals surface area (Å²) >= 11 is 0. The second kappa shape index (κ2) is 42.1. The summed E-state index contributed by atoms with van der Waals surface area (Å²) in [5, 5.41) is 39.7. The first-order valence-electron chi connectivity index (χ1n) is 23.4. The zero-order valence-corrected chi connectivity index (χ0v) is 41.8. The predicted octanol–water partition coefficient (Wildman–Crippen LogP) is 9.95. The van der Waals surface area contributed by atoms with Gasteiger partial charge in [0.25, 0.3) is 0 Å². The molecule has 59 heavy (non-hydrogen) atoms. The fraction of sp³-hybridized carbons (Fsp3) is 0.720. The number of aliphatic hydroxyl groups excluding tert-OH is 2. The van der Waals surface area contributed by atoms with Gasteiger partial charge in [-0.2, -0.15) is 0 Å². The Hall–Kier alpha value is -1.21. The van der Waals surface area contributed by atoms with Crippen LogP contribution in [-0.4, -0.2) is 95.4 Å². The predicted molar refractivity (Wildman–Crippen MR) is 238 cm³/mol. The number of benzene rings is 2. The van der Waals surface area contributed by atoms with Crippen LogP contribution in [0.2, 0.25) is 0 Å².